The summed E-state index contributed by atoms with van der Waals surface area (Å²) < 4.78 is 40.8. The van der Waals surface area contributed by atoms with E-state index in [1.165, 1.54) is 13.0 Å². The largest absolute Gasteiger partial charge is 0.456 e. The lowest BCUT2D eigenvalue weighted by molar-refractivity contribution is -0.114. The molecule has 0 spiro atoms. The molecule has 14 heteroatoms. The molecule has 0 saturated carbocycles. The van der Waals surface area contributed by atoms with Gasteiger partial charge in [0, 0.05) is 32.9 Å². The third kappa shape index (κ3) is 6.38. The maximum Gasteiger partial charge on any atom is 0.301 e. The minimum atomic E-state index is -1.31. The van der Waals surface area contributed by atoms with Crippen molar-refractivity contribution in [3.63, 3.8) is 0 Å². The average molecular weight is 634 g/mol. The molecule has 43 heavy (non-hydrogen) atoms. The summed E-state index contributed by atoms with van der Waals surface area (Å²) in [7, 11) is -1.31. The number of carbonyl (C=O) groups is 1. The van der Waals surface area contributed by atoms with Gasteiger partial charge in [-0.05, 0) is 42.6 Å². The Labute approximate surface area is 255 Å². The number of rotatable bonds is 10. The number of anilines is 2. The van der Waals surface area contributed by atoms with Gasteiger partial charge in [-0.1, -0.05) is 31.2 Å². The average Bonchev–Trinajstić information content (AvgIpc) is 3.67. The van der Waals surface area contributed by atoms with Crippen molar-refractivity contribution in [2.75, 3.05) is 30.5 Å². The molecule has 2 saturated heterocycles. The fraction of sp³-hybridized carbons (Fsp3) is 0.552. The number of aromatic nitrogens is 3. The van der Waals surface area contributed by atoms with Crippen LogP contribution in [0.4, 0.5) is 15.9 Å². The maximum atomic E-state index is 15.2. The number of fused-ring (bicyclic) bond motifs is 3. The Bertz CT molecular complexity index is 1530. The second-order valence-corrected chi connectivity index (χ2v) is 18.6. The highest BCUT2D eigenvalue weighted by Gasteiger charge is 2.49. The van der Waals surface area contributed by atoms with Crippen LogP contribution in [-0.4, -0.2) is 77.9 Å². The summed E-state index contributed by atoms with van der Waals surface area (Å²) in [5.41, 5.74) is 2.81. The van der Waals surface area contributed by atoms with Crippen LogP contribution in [0.15, 0.2) is 18.2 Å². The molecule has 5 atom stereocenters. The first-order valence-electron chi connectivity index (χ1n) is 14.6. The Balaban J connectivity index is 1.28. The van der Waals surface area contributed by atoms with E-state index in [4.69, 9.17) is 35.5 Å². The number of pyridine rings is 1. The number of amides is 1. The third-order valence-electron chi connectivity index (χ3n) is 7.99. The van der Waals surface area contributed by atoms with Crippen molar-refractivity contribution in [2.24, 2.45) is 0 Å². The summed E-state index contributed by atoms with van der Waals surface area (Å²) >= 11 is 6.68. The normalized spacial score (nSPS) is 24.8. The molecule has 3 N–H and O–H groups in total. The molecule has 232 valence electrons. The van der Waals surface area contributed by atoms with Gasteiger partial charge in [-0.25, -0.2) is 9.37 Å². The Kier molecular flexibility index (Phi) is 8.39. The Morgan fingerprint density at radius 3 is 2.77 bits per heavy atom. The van der Waals surface area contributed by atoms with E-state index in [2.05, 4.69) is 35.3 Å². The summed E-state index contributed by atoms with van der Waals surface area (Å²) in [6.45, 7) is 9.44. The van der Waals surface area contributed by atoms with E-state index in [-0.39, 0.29) is 37.9 Å². The maximum absolute atomic E-state index is 15.2. The first-order valence-corrected chi connectivity index (χ1v) is 18.6. The molecule has 1 unspecified atom stereocenters. The van der Waals surface area contributed by atoms with Gasteiger partial charge in [-0.3, -0.25) is 9.36 Å². The van der Waals surface area contributed by atoms with Crippen molar-refractivity contribution in [1.82, 2.24) is 14.5 Å². The number of aliphatic hydroxyl groups is 1. The third-order valence-corrected chi connectivity index (χ3v) is 9.98. The van der Waals surface area contributed by atoms with Crippen molar-refractivity contribution < 1.29 is 33.2 Å². The fourth-order valence-electron chi connectivity index (χ4n) is 5.83. The van der Waals surface area contributed by atoms with Crippen molar-refractivity contribution in [3.05, 3.63) is 40.2 Å². The van der Waals surface area contributed by atoms with Crippen LogP contribution >= 0.6 is 11.6 Å². The monoisotopic (exact) mass is 633 g/mol. The molecular formula is C29H37ClFN5O6Si. The van der Waals surface area contributed by atoms with Crippen LogP contribution in [0.1, 0.15) is 30.5 Å². The second-order valence-electron chi connectivity index (χ2n) is 12.6. The lowest BCUT2D eigenvalue weighted by Gasteiger charge is -2.19. The van der Waals surface area contributed by atoms with E-state index < -0.39 is 38.3 Å². The number of benzene rings is 1. The number of imidazole rings is 1. The van der Waals surface area contributed by atoms with Gasteiger partial charge in [0.25, 0.3) is 0 Å². The number of aliphatic hydroxyl groups excluding tert-OH is 1. The van der Waals surface area contributed by atoms with Gasteiger partial charge in [0.05, 0.1) is 24.3 Å². The van der Waals surface area contributed by atoms with Crippen molar-refractivity contribution in [1.29, 1.82) is 0 Å². The molecule has 0 bridgehead atoms. The Hall–Kier alpha value is -2.81. The number of aryl methyl sites for hydroxylation is 1. The van der Waals surface area contributed by atoms with E-state index in [0.29, 0.717) is 52.7 Å². The van der Waals surface area contributed by atoms with Gasteiger partial charge >= 0.3 is 6.01 Å². The van der Waals surface area contributed by atoms with Gasteiger partial charge in [-0.15, -0.1) is 0 Å². The van der Waals surface area contributed by atoms with Gasteiger partial charge in [0.1, 0.15) is 42.2 Å². The highest BCUT2D eigenvalue weighted by molar-refractivity contribution is 6.76. The first-order chi connectivity index (χ1) is 20.5. The number of nitrogens with zero attached hydrogens (tertiary/aromatic N) is 3. The molecule has 3 aliphatic rings. The van der Waals surface area contributed by atoms with Gasteiger partial charge < -0.3 is 34.7 Å². The van der Waals surface area contributed by atoms with Crippen LogP contribution in [0, 0.1) is 5.82 Å². The summed E-state index contributed by atoms with van der Waals surface area (Å²) in [6, 6.07) is 5.76. The predicted octanol–water partition coefficient (Wildman–Crippen LogP) is 4.50. The van der Waals surface area contributed by atoms with E-state index in [1.54, 1.807) is 16.7 Å². The quantitative estimate of drug-likeness (QED) is 0.218. The topological polar surface area (TPSA) is 129 Å². The molecule has 1 aliphatic carbocycles. The molecule has 2 fully saturated rings. The van der Waals surface area contributed by atoms with Crippen LogP contribution in [0.3, 0.4) is 0 Å². The summed E-state index contributed by atoms with van der Waals surface area (Å²) in [5.74, 6) is -0.269. The number of ether oxygens (including phenoxy) is 4. The van der Waals surface area contributed by atoms with Crippen molar-refractivity contribution >= 4 is 48.3 Å². The van der Waals surface area contributed by atoms with Crippen molar-refractivity contribution in [2.45, 2.75) is 82.6 Å². The highest BCUT2D eigenvalue weighted by Crippen LogP contribution is 2.39. The molecule has 2 aliphatic heterocycles. The van der Waals surface area contributed by atoms with Gasteiger partial charge in [0.2, 0.25) is 5.91 Å². The van der Waals surface area contributed by atoms with E-state index in [1.807, 2.05) is 0 Å². The Morgan fingerprint density at radius 1 is 1.21 bits per heavy atom. The zero-order valence-corrected chi connectivity index (χ0v) is 26.4. The molecule has 1 aromatic carbocycles. The number of hydrogen-bond acceptors (Lipinski definition) is 9. The van der Waals surface area contributed by atoms with Crippen LogP contribution in [0.5, 0.6) is 6.01 Å². The first kappa shape index (κ1) is 30.2. The number of nitrogens with one attached hydrogen (secondary N) is 2. The summed E-state index contributed by atoms with van der Waals surface area (Å²) in [4.78, 5) is 21.0. The lowest BCUT2D eigenvalue weighted by atomic mass is 10.1. The molecule has 4 heterocycles. The van der Waals surface area contributed by atoms with E-state index in [9.17, 15) is 9.90 Å². The molecule has 6 rings (SSSR count). The zero-order valence-electron chi connectivity index (χ0n) is 24.7. The van der Waals surface area contributed by atoms with Gasteiger partial charge in [0.15, 0.2) is 11.8 Å². The highest BCUT2D eigenvalue weighted by atomic mass is 35.5. The molecular weight excluding hydrogens is 597 g/mol. The summed E-state index contributed by atoms with van der Waals surface area (Å²) in [5, 5.41) is 16.5. The van der Waals surface area contributed by atoms with Crippen LogP contribution in [-0.2, 0) is 32.2 Å². The molecule has 3 aromatic rings. The Morgan fingerprint density at radius 2 is 2.00 bits per heavy atom. The predicted molar refractivity (Wildman–Crippen MR) is 162 cm³/mol. The molecule has 0 radical (unpaired) electrons. The smallest absolute Gasteiger partial charge is 0.301 e. The van der Waals surface area contributed by atoms with Gasteiger partial charge in [-0.2, -0.15) is 4.98 Å². The van der Waals surface area contributed by atoms with Crippen LogP contribution in [0.2, 0.25) is 30.7 Å². The number of halogens is 2. The second kappa shape index (κ2) is 11.9. The van der Waals surface area contributed by atoms with Crippen LogP contribution in [0.25, 0.3) is 11.2 Å². The fourth-order valence-corrected chi connectivity index (χ4v) is 6.78. The zero-order chi connectivity index (χ0) is 30.5. The molecule has 11 nitrogen and oxygen atoms in total. The molecule has 1 amide bonds. The van der Waals surface area contributed by atoms with E-state index >= 15 is 4.39 Å². The number of carbonyl (C=O) groups excluding carboxylic acids is 1. The minimum absolute atomic E-state index is 0.155. The SMILES string of the molecule is CC(=O)Nc1cc(F)c2c(c1)CCC2Nc1nc2c(cc1Cl)nc(O[C@@H]1CO[C@H]3[C@@H]1OC[C@H]3O)n2COCC[Si](C)(C)C. The van der Waals surface area contributed by atoms with E-state index in [0.717, 1.165) is 11.6 Å². The number of hydrogen-bond donors (Lipinski definition) is 3. The summed E-state index contributed by atoms with van der Waals surface area (Å²) in [6.07, 6.45) is -0.737. The van der Waals surface area contributed by atoms with Crippen LogP contribution < -0.4 is 15.4 Å². The lowest BCUT2D eigenvalue weighted by Crippen LogP contribution is -2.35. The standard InChI is InChI=1S/C29H37ClFN5O6Si/c1-15(37)32-17-9-16-5-6-20(24(16)19(31)10-17)33-27-18(30)11-21-28(35-27)36(14-39-7-8-43(2,3)4)29(34-21)42-23-13-41-25-22(38)12-40-26(23)25/h9-11,20,22-23,25-26,38H,5-8,12-14H2,1-4H3,(H,32,37)(H,33,35)/t20?,22-,23-,25-,26-/m1/s1. The minimum Gasteiger partial charge on any atom is -0.456 e. The van der Waals surface area contributed by atoms with Crippen molar-refractivity contribution in [3.8, 4) is 6.01 Å². The molecule has 2 aromatic heterocycles.